The number of hydrogen-bond donors (Lipinski definition) is 1. The maximum Gasteiger partial charge on any atom is 0.335 e. The largest absolute Gasteiger partial charge is 0.478 e. The topological polar surface area (TPSA) is 37.3 Å². The first kappa shape index (κ1) is 12.0. The quantitative estimate of drug-likeness (QED) is 0.757. The van der Waals surface area contributed by atoms with Gasteiger partial charge in [0, 0.05) is 0 Å². The fourth-order valence-electron chi connectivity index (χ4n) is 1.16. The molecule has 0 saturated carbocycles. The van der Waals surface area contributed by atoms with E-state index in [4.69, 9.17) is 5.11 Å². The van der Waals surface area contributed by atoms with Crippen LogP contribution in [-0.4, -0.2) is 11.1 Å². The molecule has 1 aromatic rings. The zero-order chi connectivity index (χ0) is 9.30. The lowest BCUT2D eigenvalue weighted by Gasteiger charge is -2.05. The first-order chi connectivity index (χ1) is 5.52. The number of benzene rings is 1. The van der Waals surface area contributed by atoms with Crippen LogP contribution in [-0.2, 0) is 0 Å². The van der Waals surface area contributed by atoms with E-state index in [1.807, 2.05) is 20.8 Å². The zero-order valence-corrected chi connectivity index (χ0v) is 8.73. The Labute approximate surface area is 84.0 Å². The van der Waals surface area contributed by atoms with Crippen molar-refractivity contribution in [2.24, 2.45) is 0 Å². The second kappa shape index (κ2) is 4.28. The summed E-state index contributed by atoms with van der Waals surface area (Å²) in [6.07, 6.45) is 0. The van der Waals surface area contributed by atoms with Crippen molar-refractivity contribution >= 4 is 18.4 Å². The van der Waals surface area contributed by atoms with Crippen molar-refractivity contribution in [2.45, 2.75) is 20.8 Å². The molecule has 0 unspecified atom stereocenters. The van der Waals surface area contributed by atoms with Crippen LogP contribution in [0.25, 0.3) is 0 Å². The molecule has 13 heavy (non-hydrogen) atoms. The highest BCUT2D eigenvalue weighted by molar-refractivity contribution is 5.88. The number of carboxylic acids is 1. The van der Waals surface area contributed by atoms with Gasteiger partial charge in [-0.15, -0.1) is 12.4 Å². The molecule has 1 aromatic carbocycles. The molecule has 0 saturated heterocycles. The highest BCUT2D eigenvalue weighted by Crippen LogP contribution is 2.14. The molecule has 0 aromatic heterocycles. The average Bonchev–Trinajstić information content (AvgIpc) is 1.99. The molecule has 72 valence electrons. The van der Waals surface area contributed by atoms with E-state index in [0.717, 1.165) is 11.1 Å². The van der Waals surface area contributed by atoms with E-state index < -0.39 is 5.97 Å². The number of carboxylic acid groups (broad SMARTS) is 1. The molecule has 0 heterocycles. The Hall–Kier alpha value is -1.02. The summed E-state index contributed by atoms with van der Waals surface area (Å²) >= 11 is 0. The SMILES string of the molecule is Cc1cc(C(=O)O)cc(C)c1C.Cl. The van der Waals surface area contributed by atoms with Gasteiger partial charge in [0.15, 0.2) is 0 Å². The molecule has 0 fully saturated rings. The van der Waals surface area contributed by atoms with Crippen LogP contribution in [0.3, 0.4) is 0 Å². The van der Waals surface area contributed by atoms with Crippen LogP contribution in [0.1, 0.15) is 27.0 Å². The van der Waals surface area contributed by atoms with Crippen LogP contribution in [0.15, 0.2) is 12.1 Å². The third-order valence-electron chi connectivity index (χ3n) is 2.17. The molecule has 0 aliphatic rings. The third kappa shape index (κ3) is 2.46. The molecule has 0 bridgehead atoms. The van der Waals surface area contributed by atoms with Crippen molar-refractivity contribution in [1.29, 1.82) is 0 Å². The lowest BCUT2D eigenvalue weighted by Crippen LogP contribution is -1.99. The first-order valence-electron chi connectivity index (χ1n) is 3.83. The molecule has 3 heteroatoms. The van der Waals surface area contributed by atoms with E-state index in [1.165, 1.54) is 5.56 Å². The Morgan fingerprint density at radius 2 is 1.54 bits per heavy atom. The summed E-state index contributed by atoms with van der Waals surface area (Å²) in [5.41, 5.74) is 3.61. The van der Waals surface area contributed by atoms with Crippen LogP contribution in [0.4, 0.5) is 0 Å². The Balaban J connectivity index is 0.00000144. The van der Waals surface area contributed by atoms with Crippen molar-refractivity contribution in [3.63, 3.8) is 0 Å². The van der Waals surface area contributed by atoms with Crippen LogP contribution in [0.5, 0.6) is 0 Å². The minimum Gasteiger partial charge on any atom is -0.478 e. The van der Waals surface area contributed by atoms with Crippen LogP contribution < -0.4 is 0 Å². The third-order valence-corrected chi connectivity index (χ3v) is 2.17. The molecular weight excluding hydrogens is 188 g/mol. The van der Waals surface area contributed by atoms with E-state index in [9.17, 15) is 4.79 Å². The summed E-state index contributed by atoms with van der Waals surface area (Å²) in [5, 5.41) is 8.72. The normalized spacial score (nSPS) is 9.15. The number of aryl methyl sites for hydroxylation is 2. The van der Waals surface area contributed by atoms with Crippen molar-refractivity contribution in [2.75, 3.05) is 0 Å². The van der Waals surface area contributed by atoms with Gasteiger partial charge in [0.25, 0.3) is 0 Å². The molecule has 1 N–H and O–H groups in total. The summed E-state index contributed by atoms with van der Waals surface area (Å²) in [5.74, 6) is -0.860. The second-order valence-corrected chi connectivity index (χ2v) is 3.04. The fourth-order valence-corrected chi connectivity index (χ4v) is 1.16. The fraction of sp³-hybridized carbons (Fsp3) is 0.300. The second-order valence-electron chi connectivity index (χ2n) is 3.04. The first-order valence-corrected chi connectivity index (χ1v) is 3.83. The lowest BCUT2D eigenvalue weighted by atomic mass is 10.0. The van der Waals surface area contributed by atoms with Crippen LogP contribution in [0, 0.1) is 20.8 Å². The van der Waals surface area contributed by atoms with Crippen LogP contribution in [0.2, 0.25) is 0 Å². The maximum atomic E-state index is 10.6. The van der Waals surface area contributed by atoms with E-state index >= 15 is 0 Å². The van der Waals surface area contributed by atoms with Crippen molar-refractivity contribution in [1.82, 2.24) is 0 Å². The average molecular weight is 201 g/mol. The Morgan fingerprint density at radius 3 is 1.85 bits per heavy atom. The van der Waals surface area contributed by atoms with Gasteiger partial charge in [0.2, 0.25) is 0 Å². The number of hydrogen-bond acceptors (Lipinski definition) is 1. The monoisotopic (exact) mass is 200 g/mol. The summed E-state index contributed by atoms with van der Waals surface area (Å²) in [6, 6.07) is 3.40. The molecule has 0 spiro atoms. The molecule has 0 aliphatic carbocycles. The van der Waals surface area contributed by atoms with Crippen molar-refractivity contribution in [3.05, 3.63) is 34.4 Å². The molecule has 0 radical (unpaired) electrons. The lowest BCUT2D eigenvalue weighted by molar-refractivity contribution is 0.0696. The summed E-state index contributed by atoms with van der Waals surface area (Å²) in [4.78, 5) is 10.6. The van der Waals surface area contributed by atoms with Gasteiger partial charge in [-0.25, -0.2) is 4.79 Å². The Bertz CT molecular complexity index is 309. The minimum atomic E-state index is -0.860. The van der Waals surface area contributed by atoms with Crippen molar-refractivity contribution in [3.8, 4) is 0 Å². The number of rotatable bonds is 1. The molecule has 0 amide bonds. The molecule has 1 rings (SSSR count). The van der Waals surface area contributed by atoms with Gasteiger partial charge >= 0.3 is 5.97 Å². The highest BCUT2D eigenvalue weighted by Gasteiger charge is 2.05. The van der Waals surface area contributed by atoms with E-state index in [0.29, 0.717) is 5.56 Å². The molecule has 2 nitrogen and oxygen atoms in total. The molecule has 0 atom stereocenters. The highest BCUT2D eigenvalue weighted by atomic mass is 35.5. The summed E-state index contributed by atoms with van der Waals surface area (Å²) in [6.45, 7) is 5.85. The number of carbonyl (C=O) groups is 1. The molecule has 0 aliphatic heterocycles. The van der Waals surface area contributed by atoms with Gasteiger partial charge in [0.05, 0.1) is 5.56 Å². The standard InChI is InChI=1S/C10H12O2.ClH/c1-6-4-9(10(11)12)5-7(2)8(6)3;/h4-5H,1-3H3,(H,11,12);1H. The molecular formula is C10H13ClO2. The predicted octanol–water partition coefficient (Wildman–Crippen LogP) is 2.73. The van der Waals surface area contributed by atoms with Gasteiger partial charge in [-0.05, 0) is 49.6 Å². The Kier molecular flexibility index (Phi) is 3.95. The van der Waals surface area contributed by atoms with Gasteiger partial charge in [-0.3, -0.25) is 0 Å². The zero-order valence-electron chi connectivity index (χ0n) is 7.92. The smallest absolute Gasteiger partial charge is 0.335 e. The van der Waals surface area contributed by atoms with Gasteiger partial charge in [0.1, 0.15) is 0 Å². The number of aromatic carboxylic acids is 1. The van der Waals surface area contributed by atoms with Crippen LogP contribution >= 0.6 is 12.4 Å². The maximum absolute atomic E-state index is 10.6. The number of halogens is 1. The van der Waals surface area contributed by atoms with Crippen molar-refractivity contribution < 1.29 is 9.90 Å². The summed E-state index contributed by atoms with van der Waals surface area (Å²) in [7, 11) is 0. The van der Waals surface area contributed by atoms with Gasteiger partial charge in [-0.1, -0.05) is 0 Å². The van der Waals surface area contributed by atoms with E-state index in [2.05, 4.69) is 0 Å². The predicted molar refractivity (Wildman–Crippen MR) is 54.9 cm³/mol. The van der Waals surface area contributed by atoms with E-state index in [1.54, 1.807) is 12.1 Å². The minimum absolute atomic E-state index is 0. The van der Waals surface area contributed by atoms with Gasteiger partial charge in [-0.2, -0.15) is 0 Å². The van der Waals surface area contributed by atoms with E-state index in [-0.39, 0.29) is 12.4 Å². The summed E-state index contributed by atoms with van der Waals surface area (Å²) < 4.78 is 0. The van der Waals surface area contributed by atoms with Gasteiger partial charge < -0.3 is 5.11 Å². The Morgan fingerprint density at radius 1 is 1.15 bits per heavy atom.